The second kappa shape index (κ2) is 9.71. The third kappa shape index (κ3) is 6.34. The van der Waals surface area contributed by atoms with Gasteiger partial charge in [0.05, 0.1) is 0 Å². The largest absolute Gasteiger partial charge is 0.355 e. The van der Waals surface area contributed by atoms with Crippen molar-refractivity contribution in [2.24, 2.45) is 0 Å². The van der Waals surface area contributed by atoms with Crippen molar-refractivity contribution >= 4 is 16.7 Å². The first-order valence-corrected chi connectivity index (χ1v) is 9.77. The molecule has 0 saturated carbocycles. The Morgan fingerprint density at radius 2 is 1.83 bits per heavy atom. The molecule has 0 bridgehead atoms. The van der Waals surface area contributed by atoms with Gasteiger partial charge in [-0.25, -0.2) is 0 Å². The van der Waals surface area contributed by atoms with Crippen LogP contribution in [0.4, 0.5) is 0 Å². The maximum Gasteiger partial charge on any atom is 0.221 e. The number of hydrogen-bond donors (Lipinski definition) is 1. The Bertz CT molecular complexity index is 522. The number of aromatic nitrogens is 1. The zero-order chi connectivity index (χ0) is 17.4. The molecule has 1 unspecified atom stereocenters. The van der Waals surface area contributed by atoms with Gasteiger partial charge in [-0.1, -0.05) is 33.8 Å². The summed E-state index contributed by atoms with van der Waals surface area (Å²) in [6.45, 7) is 13.4. The first-order valence-electron chi connectivity index (χ1n) is 8.28. The van der Waals surface area contributed by atoms with Crippen molar-refractivity contribution in [3.63, 3.8) is 0 Å². The lowest BCUT2D eigenvalue weighted by molar-refractivity contribution is -0.121. The molecule has 0 spiro atoms. The highest BCUT2D eigenvalue weighted by atomic mass is 32.2. The van der Waals surface area contributed by atoms with Crippen LogP contribution in [0.15, 0.2) is 24.8 Å². The molecular formula is C18H30N2O2S. The first kappa shape index (κ1) is 19.7. The van der Waals surface area contributed by atoms with Crippen LogP contribution in [0.2, 0.25) is 0 Å². The van der Waals surface area contributed by atoms with E-state index in [1.165, 1.54) is 11.4 Å². The average Bonchev–Trinajstić information content (AvgIpc) is 2.89. The molecule has 1 amide bonds. The maximum atomic E-state index is 12.0. The Kier molecular flexibility index (Phi) is 8.31. The van der Waals surface area contributed by atoms with E-state index < -0.39 is 10.8 Å². The molecule has 1 N–H and O–H groups in total. The van der Waals surface area contributed by atoms with Gasteiger partial charge in [0.15, 0.2) is 0 Å². The van der Waals surface area contributed by atoms with Crippen molar-refractivity contribution in [1.29, 1.82) is 0 Å². The summed E-state index contributed by atoms with van der Waals surface area (Å²) in [5.41, 5.74) is 2.54. The molecule has 5 heteroatoms. The Morgan fingerprint density at radius 1 is 1.26 bits per heavy atom. The van der Waals surface area contributed by atoms with Crippen LogP contribution >= 0.6 is 0 Å². The molecule has 0 aliphatic heterocycles. The third-order valence-electron chi connectivity index (χ3n) is 3.75. The van der Waals surface area contributed by atoms with Gasteiger partial charge < -0.3 is 9.88 Å². The fraction of sp³-hybridized carbons (Fsp3) is 0.611. The van der Waals surface area contributed by atoms with Crippen LogP contribution in [0.1, 0.15) is 57.3 Å². The molecule has 1 aromatic heterocycles. The van der Waals surface area contributed by atoms with Crippen molar-refractivity contribution in [3.8, 4) is 0 Å². The predicted molar refractivity (Wildman–Crippen MR) is 98.3 cm³/mol. The number of nitrogens with one attached hydrogen (secondary N) is 1. The van der Waals surface area contributed by atoms with E-state index in [1.807, 2.05) is 0 Å². The lowest BCUT2D eigenvalue weighted by atomic mass is 10.1. The molecule has 1 rings (SSSR count). The van der Waals surface area contributed by atoms with Crippen LogP contribution in [-0.4, -0.2) is 32.7 Å². The molecule has 1 aromatic rings. The topological polar surface area (TPSA) is 51.1 Å². The van der Waals surface area contributed by atoms with Gasteiger partial charge in [-0.15, -0.1) is 6.58 Å². The summed E-state index contributed by atoms with van der Waals surface area (Å²) in [4.78, 5) is 12.0. The fourth-order valence-corrected chi connectivity index (χ4v) is 3.35. The van der Waals surface area contributed by atoms with Gasteiger partial charge in [-0.05, 0) is 24.0 Å². The SMILES string of the molecule is C=CCS(=O)CCNC(=O)CCn1c(C(C)C)ccc1C(C)C. The van der Waals surface area contributed by atoms with E-state index >= 15 is 0 Å². The van der Waals surface area contributed by atoms with E-state index in [9.17, 15) is 9.00 Å². The molecule has 0 aliphatic carbocycles. The Morgan fingerprint density at radius 3 is 2.30 bits per heavy atom. The highest BCUT2D eigenvalue weighted by Gasteiger charge is 2.14. The number of amides is 1. The number of nitrogens with zero attached hydrogens (tertiary/aromatic N) is 1. The van der Waals surface area contributed by atoms with Crippen molar-refractivity contribution in [1.82, 2.24) is 9.88 Å². The molecule has 130 valence electrons. The first-order chi connectivity index (χ1) is 10.9. The summed E-state index contributed by atoms with van der Waals surface area (Å²) in [5, 5.41) is 2.85. The zero-order valence-electron chi connectivity index (χ0n) is 14.8. The summed E-state index contributed by atoms with van der Waals surface area (Å²) in [5.74, 6) is 1.85. The van der Waals surface area contributed by atoms with Crippen molar-refractivity contribution in [3.05, 3.63) is 36.2 Å². The van der Waals surface area contributed by atoms with E-state index in [0.29, 0.717) is 42.9 Å². The van der Waals surface area contributed by atoms with Crippen LogP contribution in [0.3, 0.4) is 0 Å². The second-order valence-electron chi connectivity index (χ2n) is 6.34. The van der Waals surface area contributed by atoms with Crippen LogP contribution in [0.25, 0.3) is 0 Å². The van der Waals surface area contributed by atoms with E-state index in [-0.39, 0.29) is 5.91 Å². The fourth-order valence-electron chi connectivity index (χ4n) is 2.59. The summed E-state index contributed by atoms with van der Waals surface area (Å²) >= 11 is 0. The second-order valence-corrected chi connectivity index (χ2v) is 7.96. The van der Waals surface area contributed by atoms with Gasteiger partial charge in [0.2, 0.25) is 5.91 Å². The molecule has 23 heavy (non-hydrogen) atoms. The Labute approximate surface area is 142 Å². The van der Waals surface area contributed by atoms with Gasteiger partial charge in [0, 0.05) is 53.2 Å². The molecule has 0 aromatic carbocycles. The number of carbonyl (C=O) groups is 1. The molecular weight excluding hydrogens is 308 g/mol. The minimum absolute atomic E-state index is 0.0127. The lowest BCUT2D eigenvalue weighted by Crippen LogP contribution is -2.29. The Balaban J connectivity index is 2.54. The maximum absolute atomic E-state index is 12.0. The molecule has 1 atom stereocenters. The predicted octanol–water partition coefficient (Wildman–Crippen LogP) is 3.18. The van der Waals surface area contributed by atoms with Crippen molar-refractivity contribution < 1.29 is 9.00 Å². The molecule has 4 nitrogen and oxygen atoms in total. The summed E-state index contributed by atoms with van der Waals surface area (Å²) in [7, 11) is -0.928. The molecule has 0 saturated heterocycles. The summed E-state index contributed by atoms with van der Waals surface area (Å²) in [6.07, 6.45) is 2.09. The average molecular weight is 339 g/mol. The molecule has 0 radical (unpaired) electrons. The zero-order valence-corrected chi connectivity index (χ0v) is 15.6. The van der Waals surface area contributed by atoms with Gasteiger partial charge in [-0.3, -0.25) is 9.00 Å². The van der Waals surface area contributed by atoms with E-state index in [4.69, 9.17) is 0 Å². The van der Waals surface area contributed by atoms with E-state index in [0.717, 1.165) is 0 Å². The van der Waals surface area contributed by atoms with Gasteiger partial charge in [0.25, 0.3) is 0 Å². The normalized spacial score (nSPS) is 12.6. The van der Waals surface area contributed by atoms with Crippen LogP contribution in [0.5, 0.6) is 0 Å². The summed E-state index contributed by atoms with van der Waals surface area (Å²) < 4.78 is 13.8. The van der Waals surface area contributed by atoms with Gasteiger partial charge in [0.1, 0.15) is 0 Å². The monoisotopic (exact) mass is 338 g/mol. The van der Waals surface area contributed by atoms with E-state index in [1.54, 1.807) is 6.08 Å². The van der Waals surface area contributed by atoms with Gasteiger partial charge >= 0.3 is 0 Å². The number of rotatable bonds is 10. The number of carbonyl (C=O) groups excluding carboxylic acids is 1. The standard InChI is InChI=1S/C18H30N2O2S/c1-6-12-23(22)13-10-19-18(21)9-11-20-16(14(2)3)7-8-17(20)15(4)5/h6-8,14-15H,1,9-13H2,2-5H3,(H,19,21). The highest BCUT2D eigenvalue weighted by molar-refractivity contribution is 7.85. The summed E-state index contributed by atoms with van der Waals surface area (Å²) in [6, 6.07) is 4.33. The third-order valence-corrected chi connectivity index (χ3v) is 5.02. The van der Waals surface area contributed by atoms with Crippen LogP contribution < -0.4 is 5.32 Å². The van der Waals surface area contributed by atoms with Crippen molar-refractivity contribution in [2.75, 3.05) is 18.1 Å². The Hall–Kier alpha value is -1.36. The quantitative estimate of drug-likeness (QED) is 0.666. The molecule has 0 fully saturated rings. The number of hydrogen-bond acceptors (Lipinski definition) is 2. The highest BCUT2D eigenvalue weighted by Crippen LogP contribution is 2.24. The smallest absolute Gasteiger partial charge is 0.221 e. The minimum atomic E-state index is -0.928. The van der Waals surface area contributed by atoms with Gasteiger partial charge in [-0.2, -0.15) is 0 Å². The van der Waals surface area contributed by atoms with Crippen LogP contribution in [0, 0.1) is 0 Å². The molecule has 1 heterocycles. The minimum Gasteiger partial charge on any atom is -0.355 e. The molecule has 0 aliphatic rings. The van der Waals surface area contributed by atoms with Crippen molar-refractivity contribution in [2.45, 2.75) is 52.5 Å². The lowest BCUT2D eigenvalue weighted by Gasteiger charge is -2.17. The van der Waals surface area contributed by atoms with E-state index in [2.05, 4.69) is 56.3 Å². The van der Waals surface area contributed by atoms with Crippen LogP contribution in [-0.2, 0) is 22.1 Å².